The molecule has 0 saturated carbocycles. The number of carbonyl (C=O) groups excluding carboxylic acids is 1. The number of amides is 1. The molecule has 0 fully saturated rings. The first-order valence-corrected chi connectivity index (χ1v) is 12.0. The molecule has 1 atom stereocenters. The van der Waals surface area contributed by atoms with Crippen LogP contribution in [0, 0.1) is 12.8 Å². The fourth-order valence-electron chi connectivity index (χ4n) is 4.06. The zero-order chi connectivity index (χ0) is 23.4. The third kappa shape index (κ3) is 3.74. The van der Waals surface area contributed by atoms with Crippen LogP contribution in [0.5, 0.6) is 0 Å². The van der Waals surface area contributed by atoms with Crippen LogP contribution in [-0.4, -0.2) is 16.1 Å². The molecule has 0 saturated heterocycles. The molecule has 6 nitrogen and oxygen atoms in total. The summed E-state index contributed by atoms with van der Waals surface area (Å²) in [6, 6.07) is 9.63. The Balaban J connectivity index is 1.76. The van der Waals surface area contributed by atoms with Crippen LogP contribution < -0.4 is 10.3 Å². The maximum atomic E-state index is 13.7. The summed E-state index contributed by atoms with van der Waals surface area (Å²) >= 11 is 13.8. The van der Waals surface area contributed by atoms with E-state index in [0.29, 0.717) is 37.6 Å². The van der Waals surface area contributed by atoms with E-state index < -0.39 is 11.9 Å². The van der Waals surface area contributed by atoms with Gasteiger partial charge in [0, 0.05) is 6.42 Å². The van der Waals surface area contributed by atoms with Crippen molar-refractivity contribution in [2.75, 3.05) is 4.90 Å². The summed E-state index contributed by atoms with van der Waals surface area (Å²) in [6.45, 7) is 6.08. The van der Waals surface area contributed by atoms with E-state index in [1.165, 1.54) is 16.2 Å². The van der Waals surface area contributed by atoms with Gasteiger partial charge in [0.1, 0.15) is 10.6 Å². The van der Waals surface area contributed by atoms with Gasteiger partial charge in [-0.05, 0) is 42.7 Å². The lowest BCUT2D eigenvalue weighted by molar-refractivity contribution is 0.0970. The van der Waals surface area contributed by atoms with Crippen molar-refractivity contribution in [1.82, 2.24) is 10.2 Å². The number of aryl methyl sites for hydroxylation is 1. The molecular weight excluding hydrogens is 481 g/mol. The molecule has 168 valence electrons. The molecule has 1 aliphatic heterocycles. The minimum Gasteiger partial charge on any atom is -0.450 e. The lowest BCUT2D eigenvalue weighted by Gasteiger charge is -2.22. The molecule has 1 amide bonds. The zero-order valence-electron chi connectivity index (χ0n) is 18.1. The molecule has 2 aromatic heterocycles. The second kappa shape index (κ2) is 8.24. The number of aromatic nitrogens is 2. The number of fused-ring (bicyclic) bond motifs is 2. The van der Waals surface area contributed by atoms with Gasteiger partial charge < -0.3 is 4.42 Å². The van der Waals surface area contributed by atoms with E-state index in [9.17, 15) is 9.59 Å². The Labute approximate surface area is 203 Å². The molecule has 1 unspecified atom stereocenters. The minimum absolute atomic E-state index is 0.00744. The molecular formula is C24H19Cl2N3O3S. The summed E-state index contributed by atoms with van der Waals surface area (Å²) in [5.74, 6) is -0.0409. The van der Waals surface area contributed by atoms with Crippen molar-refractivity contribution in [2.45, 2.75) is 33.2 Å². The number of rotatable bonds is 4. The van der Waals surface area contributed by atoms with E-state index in [4.69, 9.17) is 27.6 Å². The van der Waals surface area contributed by atoms with E-state index in [0.717, 1.165) is 17.0 Å². The highest BCUT2D eigenvalue weighted by atomic mass is 35.5. The Morgan fingerprint density at radius 3 is 2.61 bits per heavy atom. The highest BCUT2D eigenvalue weighted by Gasteiger charge is 2.45. The maximum absolute atomic E-state index is 13.7. The highest BCUT2D eigenvalue weighted by molar-refractivity contribution is 7.15. The predicted molar refractivity (Wildman–Crippen MR) is 131 cm³/mol. The number of anilines is 1. The number of hydrogen-bond donors (Lipinski definition) is 0. The van der Waals surface area contributed by atoms with Gasteiger partial charge in [0.05, 0.1) is 27.0 Å². The van der Waals surface area contributed by atoms with Crippen LogP contribution in [0.15, 0.2) is 45.6 Å². The summed E-state index contributed by atoms with van der Waals surface area (Å²) in [7, 11) is 0. The number of halogens is 2. The molecule has 0 radical (unpaired) electrons. The topological polar surface area (TPSA) is 76.3 Å². The van der Waals surface area contributed by atoms with E-state index in [2.05, 4.69) is 24.0 Å². The van der Waals surface area contributed by atoms with Gasteiger partial charge in [-0.3, -0.25) is 14.5 Å². The van der Waals surface area contributed by atoms with Crippen molar-refractivity contribution in [3.63, 3.8) is 0 Å². The number of nitrogens with zero attached hydrogens (tertiary/aromatic N) is 3. The second-order valence-corrected chi connectivity index (χ2v) is 10.4. The average molecular weight is 500 g/mol. The van der Waals surface area contributed by atoms with Gasteiger partial charge in [-0.1, -0.05) is 66.1 Å². The van der Waals surface area contributed by atoms with Crippen molar-refractivity contribution in [1.29, 1.82) is 0 Å². The van der Waals surface area contributed by atoms with E-state index in [1.807, 2.05) is 13.0 Å². The van der Waals surface area contributed by atoms with Crippen LogP contribution in [0.1, 0.15) is 52.1 Å². The van der Waals surface area contributed by atoms with Gasteiger partial charge in [-0.15, -0.1) is 10.2 Å². The van der Waals surface area contributed by atoms with Crippen molar-refractivity contribution >= 4 is 56.5 Å². The summed E-state index contributed by atoms with van der Waals surface area (Å²) in [6.07, 6.45) is 0.741. The molecule has 1 aliphatic rings. The molecule has 0 N–H and O–H groups in total. The fourth-order valence-corrected chi connectivity index (χ4v) is 5.44. The maximum Gasteiger partial charge on any atom is 0.297 e. The molecule has 0 spiro atoms. The zero-order valence-corrected chi connectivity index (χ0v) is 20.4. The van der Waals surface area contributed by atoms with Crippen LogP contribution in [0.4, 0.5) is 5.13 Å². The van der Waals surface area contributed by atoms with Crippen molar-refractivity contribution < 1.29 is 9.21 Å². The first-order chi connectivity index (χ1) is 15.7. The van der Waals surface area contributed by atoms with E-state index >= 15 is 0 Å². The Morgan fingerprint density at radius 1 is 1.09 bits per heavy atom. The molecule has 3 heterocycles. The molecule has 0 aliphatic carbocycles. The molecule has 5 rings (SSSR count). The van der Waals surface area contributed by atoms with Crippen LogP contribution in [0.3, 0.4) is 0 Å². The summed E-state index contributed by atoms with van der Waals surface area (Å²) in [4.78, 5) is 28.7. The molecule has 2 aromatic carbocycles. The van der Waals surface area contributed by atoms with E-state index in [-0.39, 0.29) is 16.8 Å². The summed E-state index contributed by atoms with van der Waals surface area (Å²) < 4.78 is 5.99. The smallest absolute Gasteiger partial charge is 0.297 e. The Kier molecular flexibility index (Phi) is 5.51. The van der Waals surface area contributed by atoms with Gasteiger partial charge in [-0.25, -0.2) is 0 Å². The lowest BCUT2D eigenvalue weighted by Crippen LogP contribution is -2.29. The van der Waals surface area contributed by atoms with Gasteiger partial charge in [-0.2, -0.15) is 0 Å². The fraction of sp³-hybridized carbons (Fsp3) is 0.250. The van der Waals surface area contributed by atoms with Crippen molar-refractivity contribution in [2.24, 2.45) is 5.92 Å². The van der Waals surface area contributed by atoms with E-state index in [1.54, 1.807) is 30.3 Å². The number of hydrogen-bond acceptors (Lipinski definition) is 6. The third-order valence-electron chi connectivity index (χ3n) is 5.53. The standard InChI is InChI=1S/C24H19Cl2N3O3S/c1-11(2)8-18-27-28-24(33-18)29-20(13-5-6-15(25)16(26)10-13)19-21(30)14-9-12(3)4-7-17(14)32-22(19)23(29)31/h4-7,9-11,20H,8H2,1-3H3. The predicted octanol–water partition coefficient (Wildman–Crippen LogP) is 6.21. The quantitative estimate of drug-likeness (QED) is 0.333. The molecule has 4 aromatic rings. The van der Waals surface area contributed by atoms with Gasteiger partial charge >= 0.3 is 0 Å². The van der Waals surface area contributed by atoms with Gasteiger partial charge in [0.2, 0.25) is 10.9 Å². The molecule has 0 bridgehead atoms. The minimum atomic E-state index is -0.761. The first-order valence-electron chi connectivity index (χ1n) is 10.4. The second-order valence-electron chi connectivity index (χ2n) is 8.50. The Bertz CT molecular complexity index is 1480. The highest BCUT2D eigenvalue weighted by Crippen LogP contribution is 2.43. The summed E-state index contributed by atoms with van der Waals surface area (Å²) in [5, 5.41) is 10.9. The monoisotopic (exact) mass is 499 g/mol. The first kappa shape index (κ1) is 22.1. The molecule has 33 heavy (non-hydrogen) atoms. The normalized spacial score (nSPS) is 15.6. The lowest BCUT2D eigenvalue weighted by atomic mass is 9.98. The van der Waals surface area contributed by atoms with Crippen molar-refractivity contribution in [3.8, 4) is 0 Å². The SMILES string of the molecule is Cc1ccc2oc3c(c(=O)c2c1)C(c1ccc(Cl)c(Cl)c1)N(c1nnc(CC(C)C)s1)C3=O. The third-order valence-corrected chi connectivity index (χ3v) is 7.21. The summed E-state index contributed by atoms with van der Waals surface area (Å²) in [5.41, 5.74) is 1.93. The van der Waals surface area contributed by atoms with Crippen LogP contribution >= 0.6 is 34.5 Å². The van der Waals surface area contributed by atoms with Crippen LogP contribution in [0.2, 0.25) is 10.0 Å². The average Bonchev–Trinajstić information content (AvgIpc) is 3.32. The van der Waals surface area contributed by atoms with Crippen LogP contribution in [0.25, 0.3) is 11.0 Å². The number of carbonyl (C=O) groups is 1. The van der Waals surface area contributed by atoms with Gasteiger partial charge in [0.15, 0.2) is 5.43 Å². The largest absolute Gasteiger partial charge is 0.450 e. The Morgan fingerprint density at radius 2 is 1.88 bits per heavy atom. The number of benzene rings is 2. The van der Waals surface area contributed by atoms with Gasteiger partial charge in [0.25, 0.3) is 5.91 Å². The molecule has 9 heteroatoms. The van der Waals surface area contributed by atoms with Crippen molar-refractivity contribution in [3.05, 3.63) is 84.1 Å². The Hall–Kier alpha value is -2.74. The van der Waals surface area contributed by atoms with Crippen LogP contribution in [-0.2, 0) is 6.42 Å².